The predicted molar refractivity (Wildman–Crippen MR) is 297 cm³/mol. The van der Waals surface area contributed by atoms with E-state index in [1.54, 1.807) is 0 Å². The minimum absolute atomic E-state index is 0.00301. The van der Waals surface area contributed by atoms with Gasteiger partial charge in [-0.1, -0.05) is 296 Å². The maximum atomic E-state index is 12.5. The molecule has 6 heteroatoms. The second-order valence-electron chi connectivity index (χ2n) is 21.4. The molecule has 6 nitrogen and oxygen atoms in total. The van der Waals surface area contributed by atoms with Gasteiger partial charge in [-0.2, -0.15) is 0 Å². The van der Waals surface area contributed by atoms with Crippen LogP contribution in [0.3, 0.4) is 0 Å². The van der Waals surface area contributed by atoms with Crippen molar-refractivity contribution in [3.63, 3.8) is 0 Å². The summed E-state index contributed by atoms with van der Waals surface area (Å²) in [5, 5.41) is 23.3. The summed E-state index contributed by atoms with van der Waals surface area (Å²) < 4.78 is 5.49. The number of allylic oxidation sites excluding steroid dienone is 2. The zero-order valence-corrected chi connectivity index (χ0v) is 46.1. The number of amides is 1. The average molecular weight is 961 g/mol. The first kappa shape index (κ1) is 66.6. The highest BCUT2D eigenvalue weighted by Crippen LogP contribution is 2.18. The molecule has 0 heterocycles. The van der Waals surface area contributed by atoms with Crippen LogP contribution in [-0.2, 0) is 14.3 Å². The summed E-state index contributed by atoms with van der Waals surface area (Å²) in [7, 11) is 0. The standard InChI is InChI=1S/C62H121NO5/c1-3-5-7-9-11-13-15-17-19-22-26-30-34-38-42-46-50-54-60(65)59(58-64)63-61(66)55-51-47-43-39-35-31-27-24-21-25-29-33-37-41-45-49-53-57-68-62(67)56-52-48-44-40-36-32-28-23-20-18-16-14-12-10-8-6-4-2/h21,25,59-60,64-65H,3-20,22-24,26-58H2,1-2H3,(H,63,66)/b25-21-. The summed E-state index contributed by atoms with van der Waals surface area (Å²) in [6, 6.07) is -0.550. The predicted octanol–water partition coefficient (Wildman–Crippen LogP) is 19.2. The van der Waals surface area contributed by atoms with E-state index in [9.17, 15) is 19.8 Å². The molecule has 1 amide bonds. The lowest BCUT2D eigenvalue weighted by Gasteiger charge is -2.22. The molecular formula is C62H121NO5. The number of hydrogen-bond acceptors (Lipinski definition) is 5. The molecule has 0 spiro atoms. The van der Waals surface area contributed by atoms with Crippen molar-refractivity contribution < 1.29 is 24.5 Å². The van der Waals surface area contributed by atoms with E-state index in [2.05, 4.69) is 31.3 Å². The van der Waals surface area contributed by atoms with Crippen molar-refractivity contribution in [3.05, 3.63) is 12.2 Å². The zero-order chi connectivity index (χ0) is 49.3. The molecule has 0 aliphatic rings. The monoisotopic (exact) mass is 960 g/mol. The zero-order valence-electron chi connectivity index (χ0n) is 46.1. The third-order valence-corrected chi connectivity index (χ3v) is 14.6. The van der Waals surface area contributed by atoms with E-state index >= 15 is 0 Å². The number of aliphatic hydroxyl groups excluding tert-OH is 2. The summed E-state index contributed by atoms with van der Waals surface area (Å²) in [6.07, 6.45) is 69.3. The Kier molecular flexibility index (Phi) is 57.0. The average Bonchev–Trinajstić information content (AvgIpc) is 3.34. The molecule has 68 heavy (non-hydrogen) atoms. The van der Waals surface area contributed by atoms with Gasteiger partial charge in [-0.05, 0) is 51.4 Å². The van der Waals surface area contributed by atoms with Gasteiger partial charge in [0.25, 0.3) is 0 Å². The summed E-state index contributed by atoms with van der Waals surface area (Å²) in [6.45, 7) is 4.96. The number of carbonyl (C=O) groups excluding carboxylic acids is 2. The van der Waals surface area contributed by atoms with Crippen LogP contribution in [0.5, 0.6) is 0 Å². The molecule has 3 N–H and O–H groups in total. The van der Waals surface area contributed by atoms with E-state index < -0.39 is 12.1 Å². The van der Waals surface area contributed by atoms with Crippen molar-refractivity contribution in [3.8, 4) is 0 Å². The molecule has 0 aromatic rings. The fourth-order valence-corrected chi connectivity index (χ4v) is 9.81. The van der Waals surface area contributed by atoms with Gasteiger partial charge in [0.15, 0.2) is 0 Å². The molecule has 0 aliphatic carbocycles. The Hall–Kier alpha value is -1.40. The van der Waals surface area contributed by atoms with Crippen molar-refractivity contribution in [1.82, 2.24) is 5.32 Å². The van der Waals surface area contributed by atoms with Crippen molar-refractivity contribution >= 4 is 11.9 Å². The second kappa shape index (κ2) is 58.2. The lowest BCUT2D eigenvalue weighted by molar-refractivity contribution is -0.143. The van der Waals surface area contributed by atoms with Crippen LogP contribution in [-0.4, -0.2) is 47.4 Å². The fraction of sp³-hybridized carbons (Fsp3) is 0.935. The van der Waals surface area contributed by atoms with Crippen molar-refractivity contribution in [1.29, 1.82) is 0 Å². The van der Waals surface area contributed by atoms with Gasteiger partial charge in [-0.15, -0.1) is 0 Å². The molecule has 0 bridgehead atoms. The van der Waals surface area contributed by atoms with Crippen molar-refractivity contribution in [2.45, 2.75) is 360 Å². The van der Waals surface area contributed by atoms with Crippen LogP contribution in [0.15, 0.2) is 12.2 Å². The molecule has 2 unspecified atom stereocenters. The minimum Gasteiger partial charge on any atom is -0.466 e. The first-order valence-corrected chi connectivity index (χ1v) is 30.9. The van der Waals surface area contributed by atoms with Gasteiger partial charge in [0.2, 0.25) is 5.91 Å². The molecular weight excluding hydrogens is 839 g/mol. The van der Waals surface area contributed by atoms with E-state index in [0.717, 1.165) is 51.4 Å². The molecule has 0 rings (SSSR count). The van der Waals surface area contributed by atoms with Gasteiger partial charge in [0, 0.05) is 12.8 Å². The number of carbonyl (C=O) groups is 2. The number of rotatable bonds is 58. The summed E-state index contributed by atoms with van der Waals surface area (Å²) in [5.74, 6) is -0.0409. The molecule has 0 saturated heterocycles. The highest BCUT2D eigenvalue weighted by atomic mass is 16.5. The highest BCUT2D eigenvalue weighted by Gasteiger charge is 2.20. The van der Waals surface area contributed by atoms with Gasteiger partial charge in [0.1, 0.15) is 0 Å². The van der Waals surface area contributed by atoms with Crippen molar-refractivity contribution in [2.24, 2.45) is 0 Å². The Morgan fingerprint density at radius 1 is 0.397 bits per heavy atom. The number of ether oxygens (including phenoxy) is 1. The van der Waals surface area contributed by atoms with Crippen LogP contribution in [0, 0.1) is 0 Å². The van der Waals surface area contributed by atoms with Crippen LogP contribution in [0.4, 0.5) is 0 Å². The van der Waals surface area contributed by atoms with E-state index in [0.29, 0.717) is 25.9 Å². The van der Waals surface area contributed by atoms with Crippen LogP contribution in [0.1, 0.15) is 348 Å². The van der Waals surface area contributed by atoms with Gasteiger partial charge >= 0.3 is 5.97 Å². The third-order valence-electron chi connectivity index (χ3n) is 14.6. The molecule has 0 aromatic heterocycles. The molecule has 0 aromatic carbocycles. The maximum absolute atomic E-state index is 12.5. The Bertz CT molecular complexity index is 1020. The topological polar surface area (TPSA) is 95.9 Å². The Morgan fingerprint density at radius 2 is 0.691 bits per heavy atom. The number of unbranched alkanes of at least 4 members (excludes halogenated alkanes) is 45. The molecule has 0 saturated carbocycles. The summed E-state index contributed by atoms with van der Waals surface area (Å²) >= 11 is 0. The Balaban J connectivity index is 3.43. The molecule has 404 valence electrons. The van der Waals surface area contributed by atoms with Crippen molar-refractivity contribution in [2.75, 3.05) is 13.2 Å². The van der Waals surface area contributed by atoms with E-state index in [1.807, 2.05) is 0 Å². The van der Waals surface area contributed by atoms with E-state index in [4.69, 9.17) is 4.74 Å². The van der Waals surface area contributed by atoms with Crippen LogP contribution in [0.25, 0.3) is 0 Å². The number of esters is 1. The second-order valence-corrected chi connectivity index (χ2v) is 21.4. The van der Waals surface area contributed by atoms with E-state index in [1.165, 1.54) is 263 Å². The number of hydrogen-bond donors (Lipinski definition) is 3. The lowest BCUT2D eigenvalue weighted by Crippen LogP contribution is -2.45. The van der Waals surface area contributed by atoms with Crippen LogP contribution in [0.2, 0.25) is 0 Å². The van der Waals surface area contributed by atoms with Crippen LogP contribution < -0.4 is 5.32 Å². The SMILES string of the molecule is CCCCCCCCCCCCCCCCCCCC(=O)OCCCCCCCC/C=C\CCCCCCCCCC(=O)NC(CO)C(O)CCCCCCCCCCCCCCCCCCC. The quantitative estimate of drug-likeness (QED) is 0.0321. The molecule has 0 radical (unpaired) electrons. The fourth-order valence-electron chi connectivity index (χ4n) is 9.81. The normalized spacial score (nSPS) is 12.6. The summed E-state index contributed by atoms with van der Waals surface area (Å²) in [4.78, 5) is 24.6. The molecule has 0 aliphatic heterocycles. The maximum Gasteiger partial charge on any atom is 0.305 e. The smallest absolute Gasteiger partial charge is 0.305 e. The largest absolute Gasteiger partial charge is 0.466 e. The van der Waals surface area contributed by atoms with Gasteiger partial charge in [-0.25, -0.2) is 0 Å². The summed E-state index contributed by atoms with van der Waals surface area (Å²) in [5.41, 5.74) is 0. The number of aliphatic hydroxyl groups is 2. The van der Waals surface area contributed by atoms with Gasteiger partial charge in [0.05, 0.1) is 25.4 Å². The Labute approximate surface area is 425 Å². The Morgan fingerprint density at radius 3 is 1.04 bits per heavy atom. The molecule has 2 atom stereocenters. The first-order chi connectivity index (χ1) is 33.5. The molecule has 0 fully saturated rings. The van der Waals surface area contributed by atoms with Gasteiger partial charge < -0.3 is 20.3 Å². The minimum atomic E-state index is -0.672. The van der Waals surface area contributed by atoms with Gasteiger partial charge in [-0.3, -0.25) is 9.59 Å². The number of nitrogens with one attached hydrogen (secondary N) is 1. The highest BCUT2D eigenvalue weighted by molar-refractivity contribution is 5.76. The lowest BCUT2D eigenvalue weighted by atomic mass is 10.0. The first-order valence-electron chi connectivity index (χ1n) is 30.9. The van der Waals surface area contributed by atoms with Crippen LogP contribution >= 0.6 is 0 Å². The van der Waals surface area contributed by atoms with E-state index in [-0.39, 0.29) is 18.5 Å². The third kappa shape index (κ3) is 53.9.